The van der Waals surface area contributed by atoms with E-state index in [9.17, 15) is 5.11 Å². The fourth-order valence-corrected chi connectivity index (χ4v) is 4.08. The van der Waals surface area contributed by atoms with E-state index in [0.29, 0.717) is 30.4 Å². The first kappa shape index (κ1) is 23.2. The van der Waals surface area contributed by atoms with Gasteiger partial charge < -0.3 is 26.0 Å². The van der Waals surface area contributed by atoms with Crippen molar-refractivity contribution in [3.63, 3.8) is 0 Å². The molecule has 0 radical (unpaired) electrons. The fourth-order valence-electron chi connectivity index (χ4n) is 3.52. The van der Waals surface area contributed by atoms with E-state index in [1.165, 1.54) is 0 Å². The maximum atomic E-state index is 9.79. The summed E-state index contributed by atoms with van der Waals surface area (Å²) in [5.41, 5.74) is 10.4. The molecule has 0 fully saturated rings. The van der Waals surface area contributed by atoms with Crippen molar-refractivity contribution in [2.45, 2.75) is 33.0 Å². The van der Waals surface area contributed by atoms with Crippen LogP contribution in [0.5, 0.6) is 0 Å². The lowest BCUT2D eigenvalue weighted by molar-refractivity contribution is 0.248. The normalized spacial score (nSPS) is 12.3. The summed E-state index contributed by atoms with van der Waals surface area (Å²) in [6.07, 6.45) is 1.78. The Balaban J connectivity index is 1.71. The van der Waals surface area contributed by atoms with Gasteiger partial charge in [-0.15, -0.1) is 0 Å². The molecule has 4 aromatic rings. The molecule has 0 aliphatic heterocycles. The first-order chi connectivity index (χ1) is 15.9. The van der Waals surface area contributed by atoms with Crippen molar-refractivity contribution < 1.29 is 5.11 Å². The number of halogens is 1. The number of fused-ring (bicyclic) bond motifs is 1. The van der Waals surface area contributed by atoms with Crippen LogP contribution in [-0.2, 0) is 13.1 Å². The van der Waals surface area contributed by atoms with Gasteiger partial charge in [-0.05, 0) is 57.8 Å². The minimum Gasteiger partial charge on any atom is -0.398 e. The number of rotatable bonds is 9. The molecule has 0 aliphatic carbocycles. The number of nitrogen functional groups attached to an aromatic ring is 1. The van der Waals surface area contributed by atoms with Crippen molar-refractivity contribution in [1.82, 2.24) is 19.5 Å². The van der Waals surface area contributed by atoms with Gasteiger partial charge in [-0.1, -0.05) is 44.2 Å². The molecule has 0 saturated heterocycles. The molecule has 2 aromatic carbocycles. The molecule has 2 heterocycles. The summed E-state index contributed by atoms with van der Waals surface area (Å²) in [7, 11) is 0. The fraction of sp³-hybridized carbons (Fsp3) is 0.292. The van der Waals surface area contributed by atoms with Gasteiger partial charge in [0.1, 0.15) is 0 Å². The van der Waals surface area contributed by atoms with Gasteiger partial charge in [0.05, 0.1) is 25.5 Å². The van der Waals surface area contributed by atoms with E-state index < -0.39 is 0 Å². The van der Waals surface area contributed by atoms with Gasteiger partial charge in [0, 0.05) is 15.8 Å². The average Bonchev–Trinajstić information content (AvgIpc) is 3.21. The molecule has 0 aliphatic rings. The predicted molar refractivity (Wildman–Crippen MR) is 141 cm³/mol. The van der Waals surface area contributed by atoms with E-state index in [2.05, 4.69) is 56.4 Å². The summed E-state index contributed by atoms with van der Waals surface area (Å²) >= 11 is 2.27. The Kier molecular flexibility index (Phi) is 7.29. The number of anilines is 3. The summed E-state index contributed by atoms with van der Waals surface area (Å²) in [5.74, 6) is 1.28. The lowest BCUT2D eigenvalue weighted by atomic mass is 10.1. The van der Waals surface area contributed by atoms with Crippen molar-refractivity contribution >= 4 is 51.2 Å². The van der Waals surface area contributed by atoms with E-state index in [1.54, 1.807) is 6.33 Å². The van der Waals surface area contributed by atoms with Crippen LogP contribution in [0.3, 0.4) is 0 Å². The number of aliphatic hydroxyl groups is 1. The number of aliphatic hydroxyl groups excluding tert-OH is 1. The summed E-state index contributed by atoms with van der Waals surface area (Å²) in [5, 5.41) is 16.5. The Morgan fingerprint density at radius 3 is 2.64 bits per heavy atom. The largest absolute Gasteiger partial charge is 0.398 e. The highest BCUT2D eigenvalue weighted by atomic mass is 127. The van der Waals surface area contributed by atoms with Crippen LogP contribution < -0.4 is 16.4 Å². The molecule has 1 atom stereocenters. The Bertz CT molecular complexity index is 1230. The SMILES string of the molecule is CC(C)C(CO)Nc1nc(NCc2cc(I)ccc2N)c2ncn(Cc3ccccc3)c2n1. The zero-order chi connectivity index (χ0) is 23.4. The molecule has 4 rings (SSSR count). The van der Waals surface area contributed by atoms with Gasteiger partial charge in [0.25, 0.3) is 0 Å². The van der Waals surface area contributed by atoms with Crippen molar-refractivity contribution in [2.24, 2.45) is 5.92 Å². The monoisotopic (exact) mass is 557 g/mol. The lowest BCUT2D eigenvalue weighted by Crippen LogP contribution is -2.30. The average molecular weight is 557 g/mol. The topological polar surface area (TPSA) is 114 Å². The molecule has 1 unspecified atom stereocenters. The second kappa shape index (κ2) is 10.3. The van der Waals surface area contributed by atoms with Crippen LogP contribution in [0.1, 0.15) is 25.0 Å². The van der Waals surface area contributed by atoms with Crippen LogP contribution >= 0.6 is 22.6 Å². The number of hydrogen-bond acceptors (Lipinski definition) is 7. The number of imidazole rings is 1. The van der Waals surface area contributed by atoms with Crippen LogP contribution in [0.25, 0.3) is 11.2 Å². The summed E-state index contributed by atoms with van der Waals surface area (Å²) < 4.78 is 3.12. The minimum absolute atomic E-state index is 0.00983. The zero-order valence-corrected chi connectivity index (χ0v) is 20.8. The van der Waals surface area contributed by atoms with E-state index in [-0.39, 0.29) is 18.6 Å². The van der Waals surface area contributed by atoms with Gasteiger partial charge in [0.15, 0.2) is 17.0 Å². The molecular formula is C24H28IN7O. The molecule has 9 heteroatoms. The summed E-state index contributed by atoms with van der Waals surface area (Å²) in [4.78, 5) is 14.1. The Labute approximate surface area is 206 Å². The van der Waals surface area contributed by atoms with Crippen LogP contribution in [-0.4, -0.2) is 37.3 Å². The Morgan fingerprint density at radius 2 is 1.91 bits per heavy atom. The van der Waals surface area contributed by atoms with Crippen LogP contribution in [0.15, 0.2) is 54.9 Å². The summed E-state index contributed by atoms with van der Waals surface area (Å²) in [6, 6.07) is 16.0. The van der Waals surface area contributed by atoms with E-state index >= 15 is 0 Å². The molecule has 5 N–H and O–H groups in total. The lowest BCUT2D eigenvalue weighted by Gasteiger charge is -2.20. The van der Waals surface area contributed by atoms with Crippen molar-refractivity contribution in [3.8, 4) is 0 Å². The third kappa shape index (κ3) is 5.53. The first-order valence-electron chi connectivity index (χ1n) is 10.9. The second-order valence-corrected chi connectivity index (χ2v) is 9.55. The third-order valence-electron chi connectivity index (χ3n) is 5.53. The van der Waals surface area contributed by atoms with Gasteiger partial charge in [0.2, 0.25) is 5.95 Å². The zero-order valence-electron chi connectivity index (χ0n) is 18.7. The standard InChI is InChI=1S/C24H28IN7O/c1-15(2)20(13-33)29-24-30-22(27-11-17-10-18(25)8-9-19(17)26)21-23(31-24)32(14-28-21)12-16-6-4-3-5-7-16/h3-10,14-15,20,33H,11-13,26H2,1-2H3,(H2,27,29,30,31). The van der Waals surface area contributed by atoms with E-state index in [1.807, 2.05) is 48.7 Å². The second-order valence-electron chi connectivity index (χ2n) is 8.30. The van der Waals surface area contributed by atoms with Crippen LogP contribution in [0.2, 0.25) is 0 Å². The highest BCUT2D eigenvalue weighted by Gasteiger charge is 2.18. The third-order valence-corrected chi connectivity index (χ3v) is 6.20. The Hall–Kier alpha value is -2.92. The quantitative estimate of drug-likeness (QED) is 0.181. The number of benzene rings is 2. The number of nitrogens with zero attached hydrogens (tertiary/aromatic N) is 4. The maximum absolute atomic E-state index is 9.79. The molecule has 2 aromatic heterocycles. The predicted octanol–water partition coefficient (Wildman–Crippen LogP) is 4.10. The molecule has 8 nitrogen and oxygen atoms in total. The number of nitrogens with two attached hydrogens (primary N) is 1. The van der Waals surface area contributed by atoms with Crippen molar-refractivity contribution in [3.05, 3.63) is 69.6 Å². The van der Waals surface area contributed by atoms with Crippen LogP contribution in [0, 0.1) is 9.49 Å². The first-order valence-corrected chi connectivity index (χ1v) is 11.9. The molecule has 33 heavy (non-hydrogen) atoms. The van der Waals surface area contributed by atoms with Crippen molar-refractivity contribution in [1.29, 1.82) is 0 Å². The maximum Gasteiger partial charge on any atom is 0.227 e. The highest BCUT2D eigenvalue weighted by molar-refractivity contribution is 14.1. The number of nitrogens with one attached hydrogen (secondary N) is 2. The molecular weight excluding hydrogens is 529 g/mol. The highest BCUT2D eigenvalue weighted by Crippen LogP contribution is 2.24. The van der Waals surface area contributed by atoms with E-state index in [4.69, 9.17) is 15.7 Å². The van der Waals surface area contributed by atoms with Gasteiger partial charge in [-0.25, -0.2) is 4.98 Å². The van der Waals surface area contributed by atoms with Crippen LogP contribution in [0.4, 0.5) is 17.5 Å². The van der Waals surface area contributed by atoms with E-state index in [0.717, 1.165) is 26.0 Å². The number of hydrogen-bond donors (Lipinski definition) is 4. The smallest absolute Gasteiger partial charge is 0.227 e. The number of aromatic nitrogens is 4. The molecule has 172 valence electrons. The molecule has 0 amide bonds. The van der Waals surface area contributed by atoms with Gasteiger partial charge >= 0.3 is 0 Å². The Morgan fingerprint density at radius 1 is 1.12 bits per heavy atom. The molecule has 0 spiro atoms. The summed E-state index contributed by atoms with van der Waals surface area (Å²) in [6.45, 7) is 5.23. The minimum atomic E-state index is -0.160. The van der Waals surface area contributed by atoms with Gasteiger partial charge in [-0.2, -0.15) is 9.97 Å². The van der Waals surface area contributed by atoms with Gasteiger partial charge in [-0.3, -0.25) is 0 Å². The molecule has 0 saturated carbocycles. The van der Waals surface area contributed by atoms with Crippen molar-refractivity contribution in [2.75, 3.05) is 23.0 Å². The molecule has 0 bridgehead atoms.